The predicted molar refractivity (Wildman–Crippen MR) is 90.7 cm³/mol. The van der Waals surface area contributed by atoms with Gasteiger partial charge in [0.1, 0.15) is 5.15 Å². The van der Waals surface area contributed by atoms with E-state index in [1.54, 1.807) is 30.1 Å². The zero-order valence-electron chi connectivity index (χ0n) is 11.4. The van der Waals surface area contributed by atoms with Crippen LogP contribution in [0.1, 0.15) is 11.3 Å². The van der Waals surface area contributed by atoms with Crippen molar-refractivity contribution in [2.45, 2.75) is 6.92 Å². The van der Waals surface area contributed by atoms with E-state index in [1.807, 2.05) is 19.1 Å². The Kier molecular flexibility index (Phi) is 5.17. The van der Waals surface area contributed by atoms with E-state index in [4.69, 9.17) is 35.4 Å². The molecule has 0 radical (unpaired) electrons. The van der Waals surface area contributed by atoms with E-state index in [-0.39, 0.29) is 0 Å². The molecule has 0 saturated carbocycles. The Bertz CT molecular complexity index is 696. The van der Waals surface area contributed by atoms with Crippen molar-refractivity contribution >= 4 is 46.7 Å². The lowest BCUT2D eigenvalue weighted by atomic mass is 10.3. The van der Waals surface area contributed by atoms with Gasteiger partial charge < -0.3 is 5.32 Å². The second-order valence-electron chi connectivity index (χ2n) is 4.13. The van der Waals surface area contributed by atoms with Crippen LogP contribution in [-0.2, 0) is 0 Å². The Balaban J connectivity index is 2.32. The van der Waals surface area contributed by atoms with Crippen LogP contribution >= 0.6 is 35.4 Å². The molecule has 0 amide bonds. The summed E-state index contributed by atoms with van der Waals surface area (Å²) in [4.78, 5) is 0. The molecule has 0 bridgehead atoms. The molecule has 0 saturated heterocycles. The molecule has 0 aliphatic carbocycles. The number of hydrazone groups is 1. The highest BCUT2D eigenvalue weighted by molar-refractivity contribution is 7.80. The van der Waals surface area contributed by atoms with Crippen LogP contribution in [0.15, 0.2) is 29.4 Å². The smallest absolute Gasteiger partial charge is 0.186 e. The van der Waals surface area contributed by atoms with Gasteiger partial charge in [0.05, 0.1) is 23.2 Å². The molecule has 8 heteroatoms. The lowest BCUT2D eigenvalue weighted by Gasteiger charge is -2.03. The molecule has 5 nitrogen and oxygen atoms in total. The number of thiocarbonyl (C=S) groups is 1. The first-order valence-corrected chi connectivity index (χ1v) is 7.21. The fraction of sp³-hybridized carbons (Fsp3) is 0.154. The van der Waals surface area contributed by atoms with E-state index < -0.39 is 0 Å². The Hall–Kier alpha value is -1.63. The molecule has 2 aromatic rings. The standard InChI is InChI=1S/C13H13Cl2N5S/c1-8-11(7-17-18-13(21)16-2)12(15)20(19-8)10-5-3-4-9(14)6-10/h3-7H,1-2H3,(H2,16,18,21)/b17-7-. The molecule has 0 fully saturated rings. The number of benzene rings is 1. The average Bonchev–Trinajstić information content (AvgIpc) is 2.75. The lowest BCUT2D eigenvalue weighted by molar-refractivity contribution is 0.863. The van der Waals surface area contributed by atoms with Gasteiger partial charge in [0.2, 0.25) is 0 Å². The minimum absolute atomic E-state index is 0.419. The highest BCUT2D eigenvalue weighted by atomic mass is 35.5. The summed E-state index contributed by atoms with van der Waals surface area (Å²) < 4.78 is 1.61. The maximum Gasteiger partial charge on any atom is 0.186 e. The second kappa shape index (κ2) is 6.89. The van der Waals surface area contributed by atoms with Crippen molar-refractivity contribution in [3.05, 3.63) is 45.7 Å². The number of aromatic nitrogens is 2. The van der Waals surface area contributed by atoms with Crippen molar-refractivity contribution in [2.75, 3.05) is 7.05 Å². The normalized spacial score (nSPS) is 10.9. The van der Waals surface area contributed by atoms with Crippen LogP contribution in [0.2, 0.25) is 10.2 Å². The van der Waals surface area contributed by atoms with E-state index in [9.17, 15) is 0 Å². The van der Waals surface area contributed by atoms with Gasteiger partial charge in [0, 0.05) is 12.1 Å². The monoisotopic (exact) mass is 341 g/mol. The summed E-state index contributed by atoms with van der Waals surface area (Å²) in [6, 6.07) is 7.29. The second-order valence-corrected chi connectivity index (χ2v) is 5.33. The molecule has 1 aromatic carbocycles. The molecular weight excluding hydrogens is 329 g/mol. The van der Waals surface area contributed by atoms with Gasteiger partial charge >= 0.3 is 0 Å². The first-order valence-electron chi connectivity index (χ1n) is 6.04. The van der Waals surface area contributed by atoms with Gasteiger partial charge in [-0.25, -0.2) is 4.68 Å². The summed E-state index contributed by atoms with van der Waals surface area (Å²) in [5.41, 5.74) is 4.91. The third-order valence-corrected chi connectivity index (χ3v) is 3.58. The largest absolute Gasteiger partial charge is 0.364 e. The van der Waals surface area contributed by atoms with Crippen molar-refractivity contribution < 1.29 is 0 Å². The predicted octanol–water partition coefficient (Wildman–Crippen LogP) is 2.92. The Morgan fingerprint density at radius 3 is 2.86 bits per heavy atom. The summed E-state index contributed by atoms with van der Waals surface area (Å²) in [5, 5.41) is 12.7. The maximum atomic E-state index is 6.36. The van der Waals surface area contributed by atoms with Crippen LogP contribution in [0.4, 0.5) is 0 Å². The molecule has 0 unspecified atom stereocenters. The van der Waals surface area contributed by atoms with Gasteiger partial charge in [0.25, 0.3) is 0 Å². The van der Waals surface area contributed by atoms with Crippen LogP contribution in [0.5, 0.6) is 0 Å². The van der Waals surface area contributed by atoms with Crippen LogP contribution in [0.3, 0.4) is 0 Å². The van der Waals surface area contributed by atoms with Crippen LogP contribution in [0, 0.1) is 6.92 Å². The Morgan fingerprint density at radius 1 is 1.43 bits per heavy atom. The fourth-order valence-electron chi connectivity index (χ4n) is 1.65. The molecular formula is C13H13Cl2N5S. The van der Waals surface area contributed by atoms with Crippen molar-refractivity contribution in [1.29, 1.82) is 0 Å². The summed E-state index contributed by atoms with van der Waals surface area (Å²) in [7, 11) is 1.71. The quantitative estimate of drug-likeness (QED) is 0.512. The molecule has 0 atom stereocenters. The van der Waals surface area contributed by atoms with Crippen molar-refractivity contribution in [2.24, 2.45) is 5.10 Å². The first kappa shape index (κ1) is 15.8. The molecule has 1 heterocycles. The zero-order chi connectivity index (χ0) is 15.4. The maximum absolute atomic E-state index is 6.36. The molecule has 2 rings (SSSR count). The highest BCUT2D eigenvalue weighted by Crippen LogP contribution is 2.23. The van der Waals surface area contributed by atoms with Gasteiger partial charge in [-0.2, -0.15) is 10.2 Å². The summed E-state index contributed by atoms with van der Waals surface area (Å²) in [6.07, 6.45) is 1.58. The average molecular weight is 342 g/mol. The van der Waals surface area contributed by atoms with E-state index in [0.29, 0.717) is 20.9 Å². The number of hydrogen-bond acceptors (Lipinski definition) is 3. The zero-order valence-corrected chi connectivity index (χ0v) is 13.7. The summed E-state index contributed by atoms with van der Waals surface area (Å²) >= 11 is 17.3. The molecule has 0 aliphatic heterocycles. The molecule has 1 aromatic heterocycles. The SMILES string of the molecule is CNC(=S)N/N=C\c1c(C)nn(-c2cccc(Cl)c2)c1Cl. The number of nitrogens with zero attached hydrogens (tertiary/aromatic N) is 3. The van der Waals surface area contributed by atoms with E-state index >= 15 is 0 Å². The van der Waals surface area contributed by atoms with Crippen molar-refractivity contribution in [3.63, 3.8) is 0 Å². The minimum atomic E-state index is 0.419. The van der Waals surface area contributed by atoms with Crippen LogP contribution < -0.4 is 10.7 Å². The van der Waals surface area contributed by atoms with Gasteiger partial charge in [0.15, 0.2) is 5.11 Å². The third kappa shape index (κ3) is 3.72. The first-order chi connectivity index (χ1) is 10.0. The number of aryl methyl sites for hydroxylation is 1. The van der Waals surface area contributed by atoms with Gasteiger partial charge in [-0.3, -0.25) is 5.43 Å². The van der Waals surface area contributed by atoms with Crippen molar-refractivity contribution in [3.8, 4) is 5.69 Å². The fourth-order valence-corrected chi connectivity index (χ4v) is 2.21. The third-order valence-electron chi connectivity index (χ3n) is 2.69. The molecule has 21 heavy (non-hydrogen) atoms. The number of rotatable bonds is 3. The Labute approximate surface area is 137 Å². The topological polar surface area (TPSA) is 54.2 Å². The molecule has 0 aliphatic rings. The van der Waals surface area contributed by atoms with Crippen molar-refractivity contribution in [1.82, 2.24) is 20.5 Å². The molecule has 2 N–H and O–H groups in total. The Morgan fingerprint density at radius 2 is 2.19 bits per heavy atom. The summed E-state index contributed by atoms with van der Waals surface area (Å²) in [6.45, 7) is 1.85. The van der Waals surface area contributed by atoms with Gasteiger partial charge in [-0.1, -0.05) is 29.3 Å². The lowest BCUT2D eigenvalue weighted by Crippen LogP contribution is -2.28. The van der Waals surface area contributed by atoms with E-state index in [0.717, 1.165) is 11.4 Å². The van der Waals surface area contributed by atoms with E-state index in [1.165, 1.54) is 0 Å². The van der Waals surface area contributed by atoms with Gasteiger partial charge in [-0.05, 0) is 37.3 Å². The molecule has 110 valence electrons. The minimum Gasteiger partial charge on any atom is -0.364 e. The van der Waals surface area contributed by atoms with Crippen LogP contribution in [-0.4, -0.2) is 28.2 Å². The van der Waals surface area contributed by atoms with Crippen LogP contribution in [0.25, 0.3) is 5.69 Å². The number of nitrogens with one attached hydrogen (secondary N) is 2. The molecule has 0 spiro atoms. The van der Waals surface area contributed by atoms with Gasteiger partial charge in [-0.15, -0.1) is 0 Å². The number of halogens is 2. The summed E-state index contributed by atoms with van der Waals surface area (Å²) in [5.74, 6) is 0. The number of hydrogen-bond donors (Lipinski definition) is 2. The highest BCUT2D eigenvalue weighted by Gasteiger charge is 2.13. The van der Waals surface area contributed by atoms with E-state index in [2.05, 4.69) is 20.9 Å².